The molecular weight excluding hydrogens is 430 g/mol. The number of amides is 1. The van der Waals surface area contributed by atoms with Gasteiger partial charge >= 0.3 is 0 Å². The molecule has 3 aromatic rings. The Morgan fingerprint density at radius 3 is 2.26 bits per heavy atom. The number of thioether (sulfide) groups is 1. The lowest BCUT2D eigenvalue weighted by Crippen LogP contribution is -2.27. The summed E-state index contributed by atoms with van der Waals surface area (Å²) in [5.74, 6) is 2.16. The first-order chi connectivity index (χ1) is 15.1. The third-order valence-electron chi connectivity index (χ3n) is 4.59. The van der Waals surface area contributed by atoms with Crippen LogP contribution in [0, 0.1) is 6.92 Å². The van der Waals surface area contributed by atoms with Crippen LogP contribution in [0.25, 0.3) is 6.08 Å². The number of furan rings is 1. The Hall–Kier alpha value is -3.03. The van der Waals surface area contributed by atoms with Crippen molar-refractivity contribution in [1.82, 2.24) is 4.90 Å². The lowest BCUT2D eigenvalue weighted by molar-refractivity contribution is -0.122. The second-order valence-corrected chi connectivity index (χ2v) is 8.60. The molecular formula is C24H21NO4S2. The number of benzene rings is 2. The van der Waals surface area contributed by atoms with Gasteiger partial charge in [0.25, 0.3) is 5.91 Å². The fourth-order valence-electron chi connectivity index (χ4n) is 2.96. The normalized spacial score (nSPS) is 15.0. The molecule has 2 heterocycles. The van der Waals surface area contributed by atoms with E-state index in [9.17, 15) is 4.79 Å². The van der Waals surface area contributed by atoms with E-state index in [-0.39, 0.29) is 5.91 Å². The summed E-state index contributed by atoms with van der Waals surface area (Å²) < 4.78 is 17.3. The van der Waals surface area contributed by atoms with Gasteiger partial charge in [0.2, 0.25) is 0 Å². The maximum atomic E-state index is 12.7. The zero-order valence-electron chi connectivity index (χ0n) is 16.9. The number of hydrogen-bond donors (Lipinski definition) is 0. The fourth-order valence-corrected chi connectivity index (χ4v) is 4.21. The first-order valence-corrected chi connectivity index (χ1v) is 11.0. The van der Waals surface area contributed by atoms with E-state index >= 15 is 0 Å². The number of hydrogen-bond acceptors (Lipinski definition) is 6. The molecule has 0 unspecified atom stereocenters. The van der Waals surface area contributed by atoms with Gasteiger partial charge in [-0.3, -0.25) is 9.69 Å². The van der Waals surface area contributed by atoms with E-state index in [1.807, 2.05) is 67.6 Å². The van der Waals surface area contributed by atoms with E-state index in [4.69, 9.17) is 26.1 Å². The average molecular weight is 452 g/mol. The summed E-state index contributed by atoms with van der Waals surface area (Å²) in [5, 5.41) is 0. The van der Waals surface area contributed by atoms with Crippen molar-refractivity contribution in [2.24, 2.45) is 0 Å². The molecule has 1 aliphatic heterocycles. The predicted octanol–water partition coefficient (Wildman–Crippen LogP) is 5.45. The summed E-state index contributed by atoms with van der Waals surface area (Å²) in [6, 6.07) is 19.1. The van der Waals surface area contributed by atoms with Gasteiger partial charge in [-0.05, 0) is 55.0 Å². The number of ether oxygens (including phenoxy) is 2. The summed E-state index contributed by atoms with van der Waals surface area (Å²) in [5.41, 5.74) is 2.10. The maximum Gasteiger partial charge on any atom is 0.266 e. The molecule has 1 amide bonds. The molecule has 31 heavy (non-hydrogen) atoms. The van der Waals surface area contributed by atoms with Crippen LogP contribution in [0.2, 0.25) is 0 Å². The van der Waals surface area contributed by atoms with Crippen LogP contribution in [-0.4, -0.2) is 28.3 Å². The van der Waals surface area contributed by atoms with Crippen LogP contribution in [-0.2, 0) is 11.3 Å². The van der Waals surface area contributed by atoms with Crippen molar-refractivity contribution >= 4 is 40.3 Å². The minimum absolute atomic E-state index is 0.111. The molecule has 0 N–H and O–H groups in total. The van der Waals surface area contributed by atoms with E-state index in [2.05, 4.69) is 0 Å². The smallest absolute Gasteiger partial charge is 0.266 e. The van der Waals surface area contributed by atoms with Crippen molar-refractivity contribution in [3.05, 3.63) is 88.7 Å². The molecule has 2 aromatic carbocycles. The van der Waals surface area contributed by atoms with Crippen LogP contribution < -0.4 is 9.47 Å². The predicted molar refractivity (Wildman–Crippen MR) is 126 cm³/mol. The third kappa shape index (κ3) is 5.57. The number of aryl methyl sites for hydroxylation is 1. The highest BCUT2D eigenvalue weighted by molar-refractivity contribution is 8.26. The van der Waals surface area contributed by atoms with Gasteiger partial charge in [0.05, 0.1) is 17.7 Å². The van der Waals surface area contributed by atoms with E-state index in [0.717, 1.165) is 17.1 Å². The summed E-state index contributed by atoms with van der Waals surface area (Å²) in [6.45, 7) is 3.28. The Bertz CT molecular complexity index is 1070. The van der Waals surface area contributed by atoms with Crippen molar-refractivity contribution in [3.8, 4) is 11.5 Å². The molecule has 1 saturated heterocycles. The van der Waals surface area contributed by atoms with E-state index in [0.29, 0.717) is 34.7 Å². The lowest BCUT2D eigenvalue weighted by atomic mass is 10.2. The Labute approximate surface area is 190 Å². The van der Waals surface area contributed by atoms with E-state index in [1.54, 1.807) is 17.2 Å². The second kappa shape index (κ2) is 9.85. The first kappa shape index (κ1) is 21.2. The molecule has 5 nitrogen and oxygen atoms in total. The molecule has 0 aliphatic carbocycles. The third-order valence-corrected chi connectivity index (χ3v) is 5.97. The van der Waals surface area contributed by atoms with Gasteiger partial charge in [-0.1, -0.05) is 53.8 Å². The molecule has 0 radical (unpaired) electrons. The number of nitrogens with zero attached hydrogens (tertiary/aromatic N) is 1. The zero-order chi connectivity index (χ0) is 21.6. The number of carbonyl (C=O) groups is 1. The van der Waals surface area contributed by atoms with Gasteiger partial charge in [0.15, 0.2) is 0 Å². The Morgan fingerprint density at radius 1 is 1.00 bits per heavy atom. The molecule has 4 rings (SSSR count). The van der Waals surface area contributed by atoms with Crippen LogP contribution in [0.15, 0.2) is 76.2 Å². The van der Waals surface area contributed by atoms with Crippen molar-refractivity contribution in [2.75, 3.05) is 13.2 Å². The van der Waals surface area contributed by atoms with Crippen molar-refractivity contribution < 1.29 is 18.7 Å². The number of carbonyl (C=O) groups excluding carboxylic acids is 1. The Balaban J connectivity index is 1.29. The van der Waals surface area contributed by atoms with Gasteiger partial charge in [-0.25, -0.2) is 0 Å². The SMILES string of the molecule is Cc1ccc(OCCOc2ccc(C=C3SC(=S)N(Cc4ccco4)C3=O)cc2)cc1. The lowest BCUT2D eigenvalue weighted by Gasteiger charge is -2.12. The van der Waals surface area contributed by atoms with Crippen molar-refractivity contribution in [3.63, 3.8) is 0 Å². The van der Waals surface area contributed by atoms with Crippen LogP contribution in [0.3, 0.4) is 0 Å². The van der Waals surface area contributed by atoms with E-state index in [1.165, 1.54) is 17.3 Å². The zero-order valence-corrected chi connectivity index (χ0v) is 18.6. The van der Waals surface area contributed by atoms with Gasteiger partial charge in [0, 0.05) is 0 Å². The average Bonchev–Trinajstić information content (AvgIpc) is 3.38. The molecule has 158 valence electrons. The van der Waals surface area contributed by atoms with Crippen molar-refractivity contribution in [1.29, 1.82) is 0 Å². The highest BCUT2D eigenvalue weighted by atomic mass is 32.2. The number of thiocarbonyl (C=S) groups is 1. The number of rotatable bonds is 8. The highest BCUT2D eigenvalue weighted by Gasteiger charge is 2.32. The monoisotopic (exact) mass is 451 g/mol. The Morgan fingerprint density at radius 2 is 1.65 bits per heavy atom. The molecule has 0 saturated carbocycles. The second-order valence-electron chi connectivity index (χ2n) is 6.93. The molecule has 1 aromatic heterocycles. The fraction of sp³-hybridized carbons (Fsp3) is 0.167. The molecule has 1 fully saturated rings. The summed E-state index contributed by atoms with van der Waals surface area (Å²) >= 11 is 6.66. The molecule has 7 heteroatoms. The Kier molecular flexibility index (Phi) is 6.74. The largest absolute Gasteiger partial charge is 0.490 e. The first-order valence-electron chi connectivity index (χ1n) is 9.78. The highest BCUT2D eigenvalue weighted by Crippen LogP contribution is 2.33. The van der Waals surface area contributed by atoms with Gasteiger partial charge in [-0.2, -0.15) is 0 Å². The summed E-state index contributed by atoms with van der Waals surface area (Å²) in [7, 11) is 0. The van der Waals surface area contributed by atoms with Gasteiger partial charge in [-0.15, -0.1) is 0 Å². The van der Waals surface area contributed by atoms with E-state index < -0.39 is 0 Å². The van der Waals surface area contributed by atoms with Crippen LogP contribution in [0.1, 0.15) is 16.9 Å². The van der Waals surface area contributed by atoms with Crippen LogP contribution in [0.4, 0.5) is 0 Å². The molecule has 0 spiro atoms. The van der Waals surface area contributed by atoms with Crippen LogP contribution >= 0.6 is 24.0 Å². The van der Waals surface area contributed by atoms with Crippen molar-refractivity contribution in [2.45, 2.75) is 13.5 Å². The quantitative estimate of drug-likeness (QED) is 0.258. The van der Waals surface area contributed by atoms with Gasteiger partial charge in [0.1, 0.15) is 34.8 Å². The summed E-state index contributed by atoms with van der Waals surface area (Å²) in [6.07, 6.45) is 3.42. The van der Waals surface area contributed by atoms with Crippen LogP contribution in [0.5, 0.6) is 11.5 Å². The minimum atomic E-state index is -0.111. The minimum Gasteiger partial charge on any atom is -0.490 e. The topological polar surface area (TPSA) is 51.9 Å². The standard InChI is InChI=1S/C24H21NO4S2/c1-17-4-8-19(9-5-17)28-13-14-29-20-10-6-18(7-11-20)15-22-23(26)25(24(30)31-22)16-21-3-2-12-27-21/h2-12,15H,13-14,16H2,1H3. The molecule has 1 aliphatic rings. The maximum absolute atomic E-state index is 12.7. The summed E-state index contributed by atoms with van der Waals surface area (Å²) in [4.78, 5) is 14.8. The van der Waals surface area contributed by atoms with Gasteiger partial charge < -0.3 is 13.9 Å². The molecule has 0 atom stereocenters. The molecule has 0 bridgehead atoms.